The number of aliphatic hydroxyl groups excluding tert-OH is 2. The van der Waals surface area contributed by atoms with Crippen LogP contribution >= 0.6 is 0 Å². The molecule has 0 unspecified atom stereocenters. The van der Waals surface area contributed by atoms with Gasteiger partial charge in [-0.2, -0.15) is 0 Å². The molecule has 4 rings (SSSR count). The molecular formula is C23H38O4. The van der Waals surface area contributed by atoms with E-state index in [1.165, 1.54) is 20.0 Å². The topological polar surface area (TPSA) is 66.8 Å². The van der Waals surface area contributed by atoms with Gasteiger partial charge in [0.1, 0.15) is 0 Å². The third-order valence-electron chi connectivity index (χ3n) is 9.99. The molecule has 2 N–H and O–H groups in total. The van der Waals surface area contributed by atoms with Gasteiger partial charge in [0.05, 0.1) is 25.2 Å². The van der Waals surface area contributed by atoms with Crippen molar-refractivity contribution in [2.24, 2.45) is 46.3 Å². The van der Waals surface area contributed by atoms with E-state index in [2.05, 4.69) is 13.8 Å². The number of fused-ring (bicyclic) bond motifs is 5. The number of esters is 1. The number of hydrogen-bond donors (Lipinski definition) is 2. The minimum atomic E-state index is -0.342. The molecule has 4 fully saturated rings. The predicted molar refractivity (Wildman–Crippen MR) is 104 cm³/mol. The molecule has 0 aromatic rings. The Bertz CT molecular complexity index is 591. The van der Waals surface area contributed by atoms with Crippen LogP contribution in [0.3, 0.4) is 0 Å². The van der Waals surface area contributed by atoms with E-state index >= 15 is 0 Å². The van der Waals surface area contributed by atoms with E-state index in [0.717, 1.165) is 38.5 Å². The molecule has 0 radical (unpaired) electrons. The third-order valence-corrected chi connectivity index (χ3v) is 9.99. The van der Waals surface area contributed by atoms with E-state index in [1.807, 2.05) is 6.92 Å². The average Bonchev–Trinajstić information content (AvgIpc) is 3.01. The highest BCUT2D eigenvalue weighted by atomic mass is 16.5. The summed E-state index contributed by atoms with van der Waals surface area (Å²) >= 11 is 0. The molecule has 0 aliphatic heterocycles. The number of methoxy groups -OCH3 is 1. The summed E-state index contributed by atoms with van der Waals surface area (Å²) < 4.78 is 5.04. The Morgan fingerprint density at radius 3 is 2.48 bits per heavy atom. The van der Waals surface area contributed by atoms with Crippen LogP contribution in [0.5, 0.6) is 0 Å². The van der Waals surface area contributed by atoms with Crippen molar-refractivity contribution < 1.29 is 19.7 Å². The molecule has 0 bridgehead atoms. The monoisotopic (exact) mass is 378 g/mol. The van der Waals surface area contributed by atoms with Gasteiger partial charge in [-0.05, 0) is 86.4 Å². The fourth-order valence-electron chi connectivity index (χ4n) is 8.40. The van der Waals surface area contributed by atoms with Gasteiger partial charge in [-0.25, -0.2) is 0 Å². The van der Waals surface area contributed by atoms with Crippen molar-refractivity contribution in [3.05, 3.63) is 0 Å². The van der Waals surface area contributed by atoms with Gasteiger partial charge in [-0.3, -0.25) is 4.79 Å². The molecule has 27 heavy (non-hydrogen) atoms. The lowest BCUT2D eigenvalue weighted by molar-refractivity contribution is -0.179. The van der Waals surface area contributed by atoms with E-state index in [1.54, 1.807) is 0 Å². The van der Waals surface area contributed by atoms with Gasteiger partial charge in [0.2, 0.25) is 0 Å². The number of aliphatic hydroxyl groups is 2. The van der Waals surface area contributed by atoms with Gasteiger partial charge in [-0.1, -0.05) is 20.8 Å². The van der Waals surface area contributed by atoms with E-state index in [9.17, 15) is 15.0 Å². The van der Waals surface area contributed by atoms with Crippen molar-refractivity contribution in [2.75, 3.05) is 7.11 Å². The molecule has 10 atom stereocenters. The summed E-state index contributed by atoms with van der Waals surface area (Å²) in [5.74, 6) is 2.26. The van der Waals surface area contributed by atoms with Gasteiger partial charge in [-0.15, -0.1) is 0 Å². The maximum atomic E-state index is 12.2. The molecule has 0 heterocycles. The minimum absolute atomic E-state index is 0.129. The zero-order chi connectivity index (χ0) is 19.6. The molecule has 4 heteroatoms. The summed E-state index contributed by atoms with van der Waals surface area (Å²) in [6.07, 6.45) is 7.94. The Kier molecular flexibility index (Phi) is 4.91. The summed E-state index contributed by atoms with van der Waals surface area (Å²) in [5.41, 5.74) is 0.0860. The van der Waals surface area contributed by atoms with E-state index in [-0.39, 0.29) is 40.8 Å². The van der Waals surface area contributed by atoms with E-state index < -0.39 is 0 Å². The molecule has 0 amide bonds. The Morgan fingerprint density at radius 1 is 1.04 bits per heavy atom. The van der Waals surface area contributed by atoms with Crippen LogP contribution < -0.4 is 0 Å². The Hall–Kier alpha value is -0.610. The van der Waals surface area contributed by atoms with E-state index in [0.29, 0.717) is 23.7 Å². The SMILES string of the molecule is COC(=O)[C@@H](C)[C@@H]1CC[C@@H]2[C@H]3CC[C@H]4C[C@@H](O)CC[C@]4(C)[C@@H]3C[C@@H](O)[C@@]21C. The van der Waals surface area contributed by atoms with Crippen LogP contribution in [0.15, 0.2) is 0 Å². The predicted octanol–water partition coefficient (Wildman–Crippen LogP) is 3.79. The summed E-state index contributed by atoms with van der Waals surface area (Å²) in [6, 6.07) is 0. The first kappa shape index (κ1) is 19.7. The Balaban J connectivity index is 1.62. The van der Waals surface area contributed by atoms with Crippen molar-refractivity contribution in [3.63, 3.8) is 0 Å². The molecule has 4 aliphatic rings. The highest BCUT2D eigenvalue weighted by Crippen LogP contribution is 2.68. The fourth-order valence-corrected chi connectivity index (χ4v) is 8.40. The second-order valence-electron chi connectivity index (χ2n) is 10.7. The highest BCUT2D eigenvalue weighted by Gasteiger charge is 2.64. The molecular weight excluding hydrogens is 340 g/mol. The fraction of sp³-hybridized carbons (Fsp3) is 0.957. The lowest BCUT2D eigenvalue weighted by atomic mass is 9.43. The first-order valence-corrected chi connectivity index (χ1v) is 11.2. The molecule has 0 aromatic heterocycles. The standard InChI is InChI=1S/C23H38O4/c1-13(21(26)27-4)17-7-8-18-16-6-5-14-11-15(24)9-10-22(14,2)19(16)12-20(25)23(17,18)3/h13-20,24-25H,5-12H2,1-4H3/t13-,14-,15-,16+,17-,18+,19+,20+,22-,23+/m0/s1. The molecule has 0 aromatic carbocycles. The highest BCUT2D eigenvalue weighted by molar-refractivity contribution is 5.72. The van der Waals surface area contributed by atoms with Gasteiger partial charge < -0.3 is 14.9 Å². The van der Waals surface area contributed by atoms with Crippen LogP contribution in [0.4, 0.5) is 0 Å². The number of carbonyl (C=O) groups is 1. The molecule has 4 aliphatic carbocycles. The smallest absolute Gasteiger partial charge is 0.308 e. The van der Waals surface area contributed by atoms with Crippen LogP contribution in [0, 0.1) is 46.3 Å². The minimum Gasteiger partial charge on any atom is -0.469 e. The summed E-state index contributed by atoms with van der Waals surface area (Å²) in [5, 5.41) is 21.6. The summed E-state index contributed by atoms with van der Waals surface area (Å²) in [6.45, 7) is 6.69. The van der Waals surface area contributed by atoms with E-state index in [4.69, 9.17) is 4.74 Å². The molecule has 4 saturated carbocycles. The van der Waals surface area contributed by atoms with Crippen molar-refractivity contribution >= 4 is 5.97 Å². The number of ether oxygens (including phenoxy) is 1. The van der Waals surface area contributed by atoms with Crippen molar-refractivity contribution in [2.45, 2.75) is 84.3 Å². The number of hydrogen-bond acceptors (Lipinski definition) is 4. The molecule has 4 nitrogen and oxygen atoms in total. The number of carbonyl (C=O) groups excluding carboxylic acids is 1. The zero-order valence-electron chi connectivity index (χ0n) is 17.5. The van der Waals surface area contributed by atoms with Crippen molar-refractivity contribution in [1.29, 1.82) is 0 Å². The van der Waals surface area contributed by atoms with Gasteiger partial charge in [0, 0.05) is 5.41 Å². The van der Waals surface area contributed by atoms with Crippen LogP contribution in [-0.2, 0) is 9.53 Å². The maximum absolute atomic E-state index is 12.2. The van der Waals surface area contributed by atoms with Gasteiger partial charge in [0.25, 0.3) is 0 Å². The van der Waals surface area contributed by atoms with Crippen molar-refractivity contribution in [3.8, 4) is 0 Å². The second kappa shape index (κ2) is 6.73. The lowest BCUT2D eigenvalue weighted by Gasteiger charge is -2.62. The summed E-state index contributed by atoms with van der Waals surface area (Å²) in [7, 11) is 1.47. The normalized spacial score (nSPS) is 53.0. The average molecular weight is 379 g/mol. The summed E-state index contributed by atoms with van der Waals surface area (Å²) in [4.78, 5) is 12.2. The van der Waals surface area contributed by atoms with Crippen LogP contribution in [0.2, 0.25) is 0 Å². The first-order chi connectivity index (χ1) is 12.7. The molecule has 0 saturated heterocycles. The van der Waals surface area contributed by atoms with Crippen molar-refractivity contribution in [1.82, 2.24) is 0 Å². The van der Waals surface area contributed by atoms with Crippen LogP contribution in [-0.4, -0.2) is 35.5 Å². The van der Waals surface area contributed by atoms with Gasteiger partial charge in [0.15, 0.2) is 0 Å². The first-order valence-electron chi connectivity index (χ1n) is 11.2. The third kappa shape index (κ3) is 2.73. The Morgan fingerprint density at radius 2 is 1.78 bits per heavy atom. The van der Waals surface area contributed by atoms with Gasteiger partial charge >= 0.3 is 5.97 Å². The maximum Gasteiger partial charge on any atom is 0.308 e. The second-order valence-corrected chi connectivity index (χ2v) is 10.7. The zero-order valence-corrected chi connectivity index (χ0v) is 17.5. The quantitative estimate of drug-likeness (QED) is 0.718. The lowest BCUT2D eigenvalue weighted by Crippen LogP contribution is -2.59. The largest absolute Gasteiger partial charge is 0.469 e. The Labute approximate surface area is 164 Å². The van der Waals surface area contributed by atoms with Crippen LogP contribution in [0.25, 0.3) is 0 Å². The van der Waals surface area contributed by atoms with Crippen LogP contribution in [0.1, 0.15) is 72.1 Å². The molecule has 0 spiro atoms. The molecule has 154 valence electrons. The number of rotatable bonds is 2.